The summed E-state index contributed by atoms with van der Waals surface area (Å²) in [6, 6.07) is 0. The summed E-state index contributed by atoms with van der Waals surface area (Å²) in [4.78, 5) is 34.9. The molecule has 0 aromatic rings. The smallest absolute Gasteiger partial charge is 0.390 e. The first-order chi connectivity index (χ1) is 9.72. The lowest BCUT2D eigenvalue weighted by Crippen LogP contribution is -2.29. The highest BCUT2D eigenvalue weighted by Crippen LogP contribution is 2.66. The van der Waals surface area contributed by atoms with Crippen molar-refractivity contribution in [3.63, 3.8) is 0 Å². The third-order valence-electron chi connectivity index (χ3n) is 2.96. The maximum atomic E-state index is 11.4. The van der Waals surface area contributed by atoms with Crippen LogP contribution in [0, 0.1) is 11.8 Å². The third-order valence-corrected chi connectivity index (χ3v) is 6.76. The molecule has 0 aromatic heterocycles. The van der Waals surface area contributed by atoms with E-state index in [4.69, 9.17) is 14.7 Å². The maximum Gasteiger partial charge on any atom is 0.490 e. The minimum atomic E-state index is -5.55. The van der Waals surface area contributed by atoms with E-state index in [2.05, 4.69) is 13.1 Å². The number of hydrogen-bond acceptors (Lipinski definition) is 8. The molecule has 0 aliphatic heterocycles. The molecule has 0 saturated heterocycles. The van der Waals surface area contributed by atoms with E-state index in [0.717, 1.165) is 0 Å². The quantitative estimate of drug-likeness (QED) is 0.313. The predicted molar refractivity (Wildman–Crippen MR) is 69.1 cm³/mol. The molecule has 132 valence electrons. The van der Waals surface area contributed by atoms with Crippen LogP contribution in [-0.4, -0.2) is 48.6 Å². The zero-order valence-corrected chi connectivity index (χ0v) is 13.9. The molecule has 0 spiro atoms. The van der Waals surface area contributed by atoms with Gasteiger partial charge in [0.1, 0.15) is 0 Å². The fraction of sp³-hybridized carbons (Fsp3) is 1.00. The molecule has 0 aromatic carbocycles. The Balaban J connectivity index is 2.60. The van der Waals surface area contributed by atoms with Gasteiger partial charge in [0, 0.05) is 5.92 Å². The minimum absolute atomic E-state index is 0.262. The fourth-order valence-electron chi connectivity index (χ4n) is 2.03. The van der Waals surface area contributed by atoms with Crippen LogP contribution in [0.15, 0.2) is 0 Å². The molecular weight excluding hydrogens is 369 g/mol. The lowest BCUT2D eigenvalue weighted by Gasteiger charge is -2.19. The Kier molecular flexibility index (Phi) is 6.54. The molecule has 0 heterocycles. The summed E-state index contributed by atoms with van der Waals surface area (Å²) in [7, 11) is -16.2. The Labute approximate surface area is 125 Å². The standard InChI is InChI=1S/C7H17O12P3/c1-4-2-5(7(9)6(4)8)3-17-21(13,14)19-22(15,16)18-20(10,11)12/h4-9H,2-3H2,1H3,(H,13,14)(H,15,16)(H2,10,11,12)/t4-,5-,6?,7?/m1/s1. The minimum Gasteiger partial charge on any atom is -0.390 e. The number of aliphatic hydroxyl groups is 2. The molecule has 0 radical (unpaired) electrons. The van der Waals surface area contributed by atoms with Gasteiger partial charge in [-0.15, -0.1) is 0 Å². The van der Waals surface area contributed by atoms with E-state index in [1.165, 1.54) is 0 Å². The summed E-state index contributed by atoms with van der Waals surface area (Å²) in [5, 5.41) is 19.2. The van der Waals surface area contributed by atoms with E-state index in [1.807, 2.05) is 0 Å². The van der Waals surface area contributed by atoms with Gasteiger partial charge in [0.05, 0.1) is 18.8 Å². The molecular formula is C7H17O12P3. The van der Waals surface area contributed by atoms with Gasteiger partial charge in [-0.05, 0) is 12.3 Å². The lowest BCUT2D eigenvalue weighted by atomic mass is 10.1. The number of phosphoric ester groups is 1. The van der Waals surface area contributed by atoms with E-state index in [-0.39, 0.29) is 12.3 Å². The number of hydrogen-bond donors (Lipinski definition) is 6. The molecule has 12 nitrogen and oxygen atoms in total. The number of rotatable bonds is 7. The first-order valence-electron chi connectivity index (χ1n) is 5.87. The van der Waals surface area contributed by atoms with Gasteiger partial charge in [-0.3, -0.25) is 4.52 Å². The molecule has 0 amide bonds. The van der Waals surface area contributed by atoms with Gasteiger partial charge in [-0.2, -0.15) is 8.62 Å². The zero-order chi connectivity index (χ0) is 17.3. The van der Waals surface area contributed by atoms with Gasteiger partial charge in [0.25, 0.3) is 0 Å². The van der Waals surface area contributed by atoms with Crippen molar-refractivity contribution in [2.75, 3.05) is 6.61 Å². The molecule has 0 bridgehead atoms. The molecule has 1 rings (SSSR count). The molecule has 1 saturated carbocycles. The van der Waals surface area contributed by atoms with Crippen molar-refractivity contribution in [2.24, 2.45) is 11.8 Å². The van der Waals surface area contributed by atoms with Gasteiger partial charge in [-0.25, -0.2) is 13.7 Å². The summed E-state index contributed by atoms with van der Waals surface area (Å²) in [6.07, 6.45) is -2.00. The van der Waals surface area contributed by atoms with Crippen molar-refractivity contribution in [3.05, 3.63) is 0 Å². The van der Waals surface area contributed by atoms with Gasteiger partial charge >= 0.3 is 23.5 Å². The molecule has 1 aliphatic rings. The molecule has 1 fully saturated rings. The predicted octanol–water partition coefficient (Wildman–Crippen LogP) is -0.293. The summed E-state index contributed by atoms with van der Waals surface area (Å²) < 4.78 is 44.4. The van der Waals surface area contributed by atoms with E-state index < -0.39 is 48.2 Å². The normalized spacial score (nSPS) is 35.0. The third kappa shape index (κ3) is 6.45. The Hall–Kier alpha value is 0.330. The van der Waals surface area contributed by atoms with Crippen molar-refractivity contribution < 1.29 is 56.6 Å². The number of aliphatic hydroxyl groups excluding tert-OH is 2. The van der Waals surface area contributed by atoms with Crippen LogP contribution in [0.5, 0.6) is 0 Å². The number of phosphoric acid groups is 3. The zero-order valence-electron chi connectivity index (χ0n) is 11.2. The second-order valence-corrected chi connectivity index (χ2v) is 9.26. The largest absolute Gasteiger partial charge is 0.490 e. The molecule has 6 atom stereocenters. The fourth-order valence-corrected chi connectivity index (χ4v) is 5.11. The molecule has 15 heteroatoms. The Morgan fingerprint density at radius 3 is 1.91 bits per heavy atom. The summed E-state index contributed by atoms with van der Waals surface area (Å²) >= 11 is 0. The highest BCUT2D eigenvalue weighted by atomic mass is 31.3. The summed E-state index contributed by atoms with van der Waals surface area (Å²) in [5.74, 6) is -1.01. The molecule has 22 heavy (non-hydrogen) atoms. The first-order valence-corrected chi connectivity index (χ1v) is 10.4. The Morgan fingerprint density at radius 2 is 1.50 bits per heavy atom. The molecule has 6 N–H and O–H groups in total. The van der Waals surface area contributed by atoms with E-state index in [0.29, 0.717) is 0 Å². The van der Waals surface area contributed by atoms with Crippen LogP contribution < -0.4 is 0 Å². The van der Waals surface area contributed by atoms with Crippen LogP contribution in [0.25, 0.3) is 0 Å². The summed E-state index contributed by atoms with van der Waals surface area (Å²) in [6.45, 7) is 1.05. The second-order valence-electron chi connectivity index (χ2n) is 4.84. The van der Waals surface area contributed by atoms with Crippen LogP contribution in [0.4, 0.5) is 0 Å². The SMILES string of the molecule is C[C@@H]1C[C@H](COP(=O)(O)OP(=O)(O)OP(=O)(O)O)C(O)C1O. The average Bonchev–Trinajstić information content (AvgIpc) is 2.49. The lowest BCUT2D eigenvalue weighted by molar-refractivity contribution is -0.00368. The van der Waals surface area contributed by atoms with Crippen LogP contribution in [0.2, 0.25) is 0 Å². The van der Waals surface area contributed by atoms with Gasteiger partial charge in [0.2, 0.25) is 0 Å². The van der Waals surface area contributed by atoms with Gasteiger partial charge in [0.15, 0.2) is 0 Å². The van der Waals surface area contributed by atoms with Gasteiger partial charge in [-0.1, -0.05) is 6.92 Å². The first kappa shape index (κ1) is 20.4. The van der Waals surface area contributed by atoms with Crippen molar-refractivity contribution >= 4 is 23.5 Å². The van der Waals surface area contributed by atoms with Crippen molar-refractivity contribution in [2.45, 2.75) is 25.6 Å². The van der Waals surface area contributed by atoms with Crippen molar-refractivity contribution in [1.29, 1.82) is 0 Å². The Morgan fingerprint density at radius 1 is 0.955 bits per heavy atom. The van der Waals surface area contributed by atoms with Crippen LogP contribution in [0.3, 0.4) is 0 Å². The van der Waals surface area contributed by atoms with Crippen LogP contribution in [0.1, 0.15) is 13.3 Å². The maximum absolute atomic E-state index is 11.4. The average molecular weight is 386 g/mol. The monoisotopic (exact) mass is 386 g/mol. The van der Waals surface area contributed by atoms with Gasteiger partial charge < -0.3 is 29.8 Å². The topological polar surface area (TPSA) is 200 Å². The Bertz CT molecular complexity index is 529. The molecule has 4 unspecified atom stereocenters. The van der Waals surface area contributed by atoms with E-state index >= 15 is 0 Å². The van der Waals surface area contributed by atoms with E-state index in [1.54, 1.807) is 6.92 Å². The van der Waals surface area contributed by atoms with Crippen LogP contribution in [-0.2, 0) is 26.8 Å². The second kappa shape index (κ2) is 7.06. The highest BCUT2D eigenvalue weighted by molar-refractivity contribution is 7.66. The van der Waals surface area contributed by atoms with Crippen molar-refractivity contribution in [3.8, 4) is 0 Å². The highest BCUT2D eigenvalue weighted by Gasteiger charge is 2.43. The van der Waals surface area contributed by atoms with Crippen molar-refractivity contribution in [1.82, 2.24) is 0 Å². The molecule has 1 aliphatic carbocycles. The summed E-state index contributed by atoms with van der Waals surface area (Å²) in [5.41, 5.74) is 0. The van der Waals surface area contributed by atoms with Crippen LogP contribution >= 0.6 is 23.5 Å². The van der Waals surface area contributed by atoms with E-state index in [9.17, 15) is 28.8 Å².